The number of carboxylic acid groups (broad SMARTS) is 1. The number of hydrogen-bond acceptors (Lipinski definition) is 6. The van der Waals surface area contributed by atoms with E-state index in [2.05, 4.69) is 10.2 Å². The molecule has 2 heterocycles. The number of aliphatic hydroxyl groups is 1. The Kier molecular flexibility index (Phi) is 10.7. The van der Waals surface area contributed by atoms with Gasteiger partial charge in [0.15, 0.2) is 6.29 Å². The van der Waals surface area contributed by atoms with E-state index >= 15 is 0 Å². The number of ether oxygens (including phenoxy) is 2. The first-order valence-electron chi connectivity index (χ1n) is 13.8. The van der Waals surface area contributed by atoms with Gasteiger partial charge >= 0.3 is 5.97 Å². The van der Waals surface area contributed by atoms with Crippen LogP contribution in [0.4, 0.5) is 0 Å². The molecule has 2 aliphatic heterocycles. The van der Waals surface area contributed by atoms with Crippen molar-refractivity contribution in [3.8, 4) is 0 Å². The number of rotatable bonds is 10. The molecule has 2 aliphatic rings. The lowest BCUT2D eigenvalue weighted by Crippen LogP contribution is -2.40. The second-order valence-corrected chi connectivity index (χ2v) is 10.3. The van der Waals surface area contributed by atoms with E-state index < -0.39 is 12.3 Å². The van der Waals surface area contributed by atoms with Gasteiger partial charge in [-0.3, -0.25) is 9.59 Å². The lowest BCUT2D eigenvalue weighted by atomic mass is 9.99. The normalized spacial score (nSPS) is 22.8. The summed E-state index contributed by atoms with van der Waals surface area (Å²) < 4.78 is 13.0. The molecule has 38 heavy (non-hydrogen) atoms. The van der Waals surface area contributed by atoms with Gasteiger partial charge in [-0.15, -0.1) is 0 Å². The maximum absolute atomic E-state index is 11.9. The van der Waals surface area contributed by atoms with Crippen LogP contribution in [0.25, 0.3) is 0 Å². The SMILES string of the molecule is O=C(O)CCC(=O)NCc1ccc([C@@H]2O[C@H](CN3CCCCCCC3)C[C@H](c3ccc(CO)cc3)O2)cc1. The standard InChI is InChI=1S/C30H40N2O6/c33-21-23-8-10-24(11-9-23)27-18-26(20-32-16-4-2-1-3-5-17-32)37-30(38-27)25-12-6-22(7-13-25)19-31-28(34)14-15-29(35)36/h6-13,26-27,30,33H,1-5,14-21H2,(H,31,34)(H,35,36)/t26-,27+,30+/m0/s1. The lowest BCUT2D eigenvalue weighted by molar-refractivity contribution is -0.253. The zero-order chi connectivity index (χ0) is 26.7. The summed E-state index contributed by atoms with van der Waals surface area (Å²) in [5.41, 5.74) is 3.79. The highest BCUT2D eigenvalue weighted by atomic mass is 16.7. The number of nitrogens with zero attached hydrogens (tertiary/aromatic N) is 1. The molecular weight excluding hydrogens is 484 g/mol. The summed E-state index contributed by atoms with van der Waals surface area (Å²) in [7, 11) is 0. The number of hydrogen-bond donors (Lipinski definition) is 3. The van der Waals surface area contributed by atoms with E-state index in [4.69, 9.17) is 14.6 Å². The van der Waals surface area contributed by atoms with Crippen molar-refractivity contribution in [3.63, 3.8) is 0 Å². The third-order valence-electron chi connectivity index (χ3n) is 7.33. The molecular formula is C30H40N2O6. The molecule has 3 atom stereocenters. The van der Waals surface area contributed by atoms with Crippen molar-refractivity contribution in [1.82, 2.24) is 10.2 Å². The summed E-state index contributed by atoms with van der Waals surface area (Å²) in [5, 5.41) is 20.9. The van der Waals surface area contributed by atoms with Crippen molar-refractivity contribution in [2.75, 3.05) is 19.6 Å². The van der Waals surface area contributed by atoms with Crippen LogP contribution in [0.15, 0.2) is 48.5 Å². The number of carbonyl (C=O) groups excluding carboxylic acids is 1. The number of benzene rings is 2. The van der Waals surface area contributed by atoms with Crippen LogP contribution in [0.1, 0.15) is 86.0 Å². The van der Waals surface area contributed by atoms with Gasteiger partial charge in [-0.05, 0) is 42.6 Å². The molecule has 8 nitrogen and oxygen atoms in total. The van der Waals surface area contributed by atoms with Gasteiger partial charge < -0.3 is 29.9 Å². The molecule has 2 fully saturated rings. The first kappa shape index (κ1) is 28.2. The molecule has 0 bridgehead atoms. The van der Waals surface area contributed by atoms with E-state index in [9.17, 15) is 14.7 Å². The van der Waals surface area contributed by atoms with Crippen LogP contribution in [0, 0.1) is 0 Å². The zero-order valence-corrected chi connectivity index (χ0v) is 22.0. The smallest absolute Gasteiger partial charge is 0.303 e. The Bertz CT molecular complexity index is 1020. The molecule has 3 N–H and O–H groups in total. The van der Waals surface area contributed by atoms with Gasteiger partial charge in [-0.2, -0.15) is 0 Å². The Morgan fingerprint density at radius 3 is 2.13 bits per heavy atom. The minimum Gasteiger partial charge on any atom is -0.481 e. The van der Waals surface area contributed by atoms with Crippen LogP contribution in [-0.4, -0.2) is 52.7 Å². The Labute approximate surface area is 224 Å². The Balaban J connectivity index is 1.43. The van der Waals surface area contributed by atoms with Gasteiger partial charge in [0, 0.05) is 31.5 Å². The molecule has 8 heteroatoms. The second kappa shape index (κ2) is 14.4. The van der Waals surface area contributed by atoms with Crippen LogP contribution in [0.3, 0.4) is 0 Å². The number of aliphatic hydroxyl groups excluding tert-OH is 1. The fourth-order valence-corrected chi connectivity index (χ4v) is 5.12. The van der Waals surface area contributed by atoms with Crippen LogP contribution < -0.4 is 5.32 Å². The monoisotopic (exact) mass is 524 g/mol. The van der Waals surface area contributed by atoms with Crippen molar-refractivity contribution >= 4 is 11.9 Å². The predicted octanol–water partition coefficient (Wildman–Crippen LogP) is 4.47. The average molecular weight is 525 g/mol. The minimum absolute atomic E-state index is 0.0154. The first-order valence-corrected chi connectivity index (χ1v) is 13.8. The highest BCUT2D eigenvalue weighted by Gasteiger charge is 2.33. The van der Waals surface area contributed by atoms with Gasteiger partial charge in [0.2, 0.25) is 5.91 Å². The highest BCUT2D eigenvalue weighted by molar-refractivity contribution is 5.80. The number of likely N-dealkylation sites (tertiary alicyclic amines) is 1. The van der Waals surface area contributed by atoms with E-state index in [1.807, 2.05) is 48.5 Å². The topological polar surface area (TPSA) is 108 Å². The van der Waals surface area contributed by atoms with E-state index in [-0.39, 0.29) is 37.6 Å². The van der Waals surface area contributed by atoms with E-state index in [0.29, 0.717) is 6.54 Å². The molecule has 1 amide bonds. The largest absolute Gasteiger partial charge is 0.481 e. The molecule has 0 radical (unpaired) electrons. The molecule has 2 aromatic rings. The van der Waals surface area contributed by atoms with Crippen molar-refractivity contribution in [3.05, 3.63) is 70.8 Å². The third-order valence-corrected chi connectivity index (χ3v) is 7.33. The Hall–Kier alpha value is -2.78. The molecule has 0 aromatic heterocycles. The lowest BCUT2D eigenvalue weighted by Gasteiger charge is -2.38. The van der Waals surface area contributed by atoms with Crippen LogP contribution >= 0.6 is 0 Å². The number of amides is 1. The summed E-state index contributed by atoms with van der Waals surface area (Å²) in [4.78, 5) is 25.0. The van der Waals surface area contributed by atoms with Gasteiger partial charge in [-0.1, -0.05) is 67.8 Å². The summed E-state index contributed by atoms with van der Waals surface area (Å²) in [6, 6.07) is 15.7. The zero-order valence-electron chi connectivity index (χ0n) is 22.0. The predicted molar refractivity (Wildman–Crippen MR) is 143 cm³/mol. The second-order valence-electron chi connectivity index (χ2n) is 10.3. The van der Waals surface area contributed by atoms with Gasteiger partial charge in [0.05, 0.1) is 25.2 Å². The molecule has 0 spiro atoms. The summed E-state index contributed by atoms with van der Waals surface area (Å²) in [6.45, 7) is 3.44. The number of carbonyl (C=O) groups is 2. The van der Waals surface area contributed by atoms with Crippen molar-refractivity contribution < 1.29 is 29.3 Å². The van der Waals surface area contributed by atoms with Crippen LogP contribution in [-0.2, 0) is 32.2 Å². The van der Waals surface area contributed by atoms with E-state index in [1.165, 1.54) is 32.1 Å². The van der Waals surface area contributed by atoms with Crippen molar-refractivity contribution in [1.29, 1.82) is 0 Å². The first-order chi connectivity index (χ1) is 18.5. The summed E-state index contributed by atoms with van der Waals surface area (Å²) >= 11 is 0. The number of aliphatic carboxylic acids is 1. The summed E-state index contributed by atoms with van der Waals surface area (Å²) in [5.74, 6) is -1.26. The minimum atomic E-state index is -0.982. The molecule has 0 saturated carbocycles. The number of carboxylic acids is 1. The molecule has 0 unspecified atom stereocenters. The molecule has 4 rings (SSSR count). The van der Waals surface area contributed by atoms with Crippen molar-refractivity contribution in [2.45, 2.75) is 83.0 Å². The van der Waals surface area contributed by atoms with Crippen LogP contribution in [0.5, 0.6) is 0 Å². The average Bonchev–Trinajstić information content (AvgIpc) is 2.92. The van der Waals surface area contributed by atoms with Crippen molar-refractivity contribution in [2.24, 2.45) is 0 Å². The fraction of sp³-hybridized carbons (Fsp3) is 0.533. The van der Waals surface area contributed by atoms with E-state index in [1.54, 1.807) is 0 Å². The summed E-state index contributed by atoms with van der Waals surface area (Å²) in [6.07, 6.45) is 6.34. The molecule has 206 valence electrons. The quantitative estimate of drug-likeness (QED) is 0.421. The molecule has 0 aliphatic carbocycles. The van der Waals surface area contributed by atoms with Gasteiger partial charge in [0.25, 0.3) is 0 Å². The highest BCUT2D eigenvalue weighted by Crippen LogP contribution is 2.38. The fourth-order valence-electron chi connectivity index (χ4n) is 5.12. The van der Waals surface area contributed by atoms with Crippen LogP contribution in [0.2, 0.25) is 0 Å². The van der Waals surface area contributed by atoms with Gasteiger partial charge in [-0.25, -0.2) is 0 Å². The number of nitrogens with one attached hydrogen (secondary N) is 1. The van der Waals surface area contributed by atoms with E-state index in [0.717, 1.165) is 48.3 Å². The maximum atomic E-state index is 11.9. The maximum Gasteiger partial charge on any atom is 0.303 e. The molecule has 2 saturated heterocycles. The molecule has 2 aromatic carbocycles. The third kappa shape index (κ3) is 8.63. The Morgan fingerprint density at radius 1 is 0.842 bits per heavy atom. The Morgan fingerprint density at radius 2 is 1.47 bits per heavy atom. The van der Waals surface area contributed by atoms with Gasteiger partial charge in [0.1, 0.15) is 0 Å².